The first kappa shape index (κ1) is 15.3. The normalized spacial score (nSPS) is 15.0. The summed E-state index contributed by atoms with van der Waals surface area (Å²) in [5.41, 5.74) is 1.35. The minimum Gasteiger partial charge on any atom is -0.465 e. The molecule has 0 unspecified atom stereocenters. The van der Waals surface area contributed by atoms with E-state index in [9.17, 15) is 13.2 Å². The average molecular weight is 317 g/mol. The zero-order valence-electron chi connectivity index (χ0n) is 11.9. The van der Waals surface area contributed by atoms with Crippen molar-refractivity contribution in [1.82, 2.24) is 0 Å². The molecule has 1 aliphatic carbocycles. The van der Waals surface area contributed by atoms with Crippen molar-refractivity contribution in [2.24, 2.45) is 0 Å². The third-order valence-electron chi connectivity index (χ3n) is 3.42. The van der Waals surface area contributed by atoms with Crippen LogP contribution in [0.15, 0.2) is 0 Å². The van der Waals surface area contributed by atoms with Crippen LogP contribution in [0.5, 0.6) is 0 Å². The number of thiophene rings is 1. The fourth-order valence-corrected chi connectivity index (χ4v) is 4.44. The van der Waals surface area contributed by atoms with Crippen molar-refractivity contribution in [2.75, 3.05) is 11.8 Å². The number of ether oxygens (including phenoxy) is 1. The number of hydrogen-bond acceptors (Lipinski definition) is 5. The standard InChI is InChI=1S/C13H19NO4S2/c1-8(2)20(16,17)14-12-11(13(15)18-3)9-6-4-5-7-10(9)19-12/h8,14H,4-7H2,1-3H3. The first-order chi connectivity index (χ1) is 9.36. The Balaban J connectivity index is 2.47. The van der Waals surface area contributed by atoms with Crippen LogP contribution in [-0.2, 0) is 27.6 Å². The maximum Gasteiger partial charge on any atom is 0.341 e. The van der Waals surface area contributed by atoms with Crippen LogP contribution in [0, 0.1) is 0 Å². The lowest BCUT2D eigenvalue weighted by Crippen LogP contribution is -2.23. The second-order valence-corrected chi connectivity index (χ2v) is 8.44. The summed E-state index contributed by atoms with van der Waals surface area (Å²) in [6, 6.07) is 0. The fraction of sp³-hybridized carbons (Fsp3) is 0.615. The second kappa shape index (κ2) is 5.73. The Kier molecular flexibility index (Phi) is 4.39. The van der Waals surface area contributed by atoms with Gasteiger partial charge in [0.05, 0.1) is 17.9 Å². The SMILES string of the molecule is COC(=O)c1c(NS(=O)(=O)C(C)C)sc2c1CCCC2. The van der Waals surface area contributed by atoms with Gasteiger partial charge in [0.25, 0.3) is 0 Å². The summed E-state index contributed by atoms with van der Waals surface area (Å²) < 4.78 is 31.4. The minimum absolute atomic E-state index is 0.399. The molecule has 0 radical (unpaired) electrons. The number of methoxy groups -OCH3 is 1. The van der Waals surface area contributed by atoms with Crippen molar-refractivity contribution in [3.63, 3.8) is 0 Å². The van der Waals surface area contributed by atoms with Gasteiger partial charge >= 0.3 is 5.97 Å². The molecule has 0 saturated carbocycles. The lowest BCUT2D eigenvalue weighted by molar-refractivity contribution is 0.0601. The number of fused-ring (bicyclic) bond motifs is 1. The van der Waals surface area contributed by atoms with Crippen LogP contribution in [-0.4, -0.2) is 26.7 Å². The van der Waals surface area contributed by atoms with Crippen LogP contribution in [0.1, 0.15) is 47.5 Å². The largest absolute Gasteiger partial charge is 0.465 e. The molecule has 1 N–H and O–H groups in total. The highest BCUT2D eigenvalue weighted by Gasteiger charge is 2.28. The molecule has 1 aromatic heterocycles. The molecule has 0 aromatic carbocycles. The molecular weight excluding hydrogens is 298 g/mol. The molecule has 7 heteroatoms. The number of nitrogens with one attached hydrogen (secondary N) is 1. The number of anilines is 1. The van der Waals surface area contributed by atoms with Crippen molar-refractivity contribution >= 4 is 32.3 Å². The van der Waals surface area contributed by atoms with Gasteiger partial charge in [0.15, 0.2) is 0 Å². The number of carbonyl (C=O) groups is 1. The monoisotopic (exact) mass is 317 g/mol. The third-order valence-corrected chi connectivity index (χ3v) is 6.48. The average Bonchev–Trinajstić information content (AvgIpc) is 2.74. The molecule has 0 atom stereocenters. The van der Waals surface area contributed by atoms with Crippen LogP contribution in [0.25, 0.3) is 0 Å². The molecule has 1 aliphatic rings. The van der Waals surface area contributed by atoms with Crippen LogP contribution >= 0.6 is 11.3 Å². The lowest BCUT2D eigenvalue weighted by Gasteiger charge is -2.12. The number of hydrogen-bond donors (Lipinski definition) is 1. The van der Waals surface area contributed by atoms with Gasteiger partial charge in [-0.15, -0.1) is 11.3 Å². The van der Waals surface area contributed by atoms with Crippen molar-refractivity contribution < 1.29 is 17.9 Å². The van der Waals surface area contributed by atoms with Crippen molar-refractivity contribution in [1.29, 1.82) is 0 Å². The molecule has 5 nitrogen and oxygen atoms in total. The van der Waals surface area contributed by atoms with Crippen molar-refractivity contribution in [3.05, 3.63) is 16.0 Å². The number of rotatable bonds is 4. The van der Waals surface area contributed by atoms with Crippen LogP contribution < -0.4 is 4.72 Å². The summed E-state index contributed by atoms with van der Waals surface area (Å²) in [4.78, 5) is 13.1. The van der Waals surface area contributed by atoms with E-state index in [2.05, 4.69) is 4.72 Å². The predicted molar refractivity (Wildman–Crippen MR) is 80.0 cm³/mol. The zero-order chi connectivity index (χ0) is 14.9. The molecule has 2 rings (SSSR count). The molecule has 0 spiro atoms. The van der Waals surface area contributed by atoms with Gasteiger partial charge in [-0.2, -0.15) is 0 Å². The molecule has 0 amide bonds. The summed E-state index contributed by atoms with van der Waals surface area (Å²) in [6.45, 7) is 3.21. The Morgan fingerprint density at radius 3 is 2.55 bits per heavy atom. The van der Waals surface area contributed by atoms with Gasteiger partial charge in [0.1, 0.15) is 5.00 Å². The van der Waals surface area contributed by atoms with E-state index in [-0.39, 0.29) is 0 Å². The number of sulfonamides is 1. The van der Waals surface area contributed by atoms with Crippen LogP contribution in [0.4, 0.5) is 5.00 Å². The Morgan fingerprint density at radius 2 is 1.95 bits per heavy atom. The summed E-state index contributed by atoms with van der Waals surface area (Å²) in [7, 11) is -2.15. The van der Waals surface area contributed by atoms with E-state index in [1.165, 1.54) is 18.4 Å². The Morgan fingerprint density at radius 1 is 1.30 bits per heavy atom. The van der Waals surface area contributed by atoms with Crippen LogP contribution in [0.2, 0.25) is 0 Å². The van der Waals surface area contributed by atoms with Gasteiger partial charge in [0.2, 0.25) is 10.0 Å². The molecular formula is C13H19NO4S2. The first-order valence-electron chi connectivity index (χ1n) is 6.61. The van der Waals surface area contributed by atoms with E-state index in [1.54, 1.807) is 13.8 Å². The second-order valence-electron chi connectivity index (χ2n) is 5.10. The summed E-state index contributed by atoms with van der Waals surface area (Å²) >= 11 is 1.36. The van der Waals surface area contributed by atoms with Gasteiger partial charge in [0, 0.05) is 4.88 Å². The third kappa shape index (κ3) is 2.83. The van der Waals surface area contributed by atoms with E-state index < -0.39 is 21.2 Å². The van der Waals surface area contributed by atoms with Crippen molar-refractivity contribution in [2.45, 2.75) is 44.8 Å². The number of aryl methyl sites for hydroxylation is 1. The number of carbonyl (C=O) groups excluding carboxylic acids is 1. The molecule has 0 saturated heterocycles. The maximum absolute atomic E-state index is 12.0. The molecule has 112 valence electrons. The van der Waals surface area contributed by atoms with Gasteiger partial charge in [-0.05, 0) is 45.1 Å². The molecule has 20 heavy (non-hydrogen) atoms. The van der Waals surface area contributed by atoms with E-state index in [1.807, 2.05) is 0 Å². The molecule has 1 heterocycles. The minimum atomic E-state index is -3.46. The zero-order valence-corrected chi connectivity index (χ0v) is 13.5. The Labute approximate surface area is 123 Å². The first-order valence-corrected chi connectivity index (χ1v) is 8.97. The molecule has 0 bridgehead atoms. The fourth-order valence-electron chi connectivity index (χ4n) is 2.20. The highest BCUT2D eigenvalue weighted by Crippen LogP contribution is 2.39. The smallest absolute Gasteiger partial charge is 0.341 e. The summed E-state index contributed by atoms with van der Waals surface area (Å²) in [5, 5.41) is -0.149. The van der Waals surface area contributed by atoms with Gasteiger partial charge in [-0.1, -0.05) is 0 Å². The van der Waals surface area contributed by atoms with Gasteiger partial charge in [-0.25, -0.2) is 13.2 Å². The summed E-state index contributed by atoms with van der Waals surface area (Å²) in [5.74, 6) is -0.467. The van der Waals surface area contributed by atoms with Crippen molar-refractivity contribution in [3.8, 4) is 0 Å². The molecule has 0 aliphatic heterocycles. The van der Waals surface area contributed by atoms with E-state index in [4.69, 9.17) is 4.74 Å². The van der Waals surface area contributed by atoms with E-state index in [0.717, 1.165) is 36.1 Å². The molecule has 0 fully saturated rings. The molecule has 1 aromatic rings. The Hall–Kier alpha value is -1.08. The van der Waals surface area contributed by atoms with E-state index >= 15 is 0 Å². The van der Waals surface area contributed by atoms with Gasteiger partial charge < -0.3 is 4.74 Å². The quantitative estimate of drug-likeness (QED) is 0.866. The topological polar surface area (TPSA) is 72.5 Å². The van der Waals surface area contributed by atoms with Gasteiger partial charge in [-0.3, -0.25) is 4.72 Å². The Bertz CT molecular complexity index is 617. The number of esters is 1. The van der Waals surface area contributed by atoms with E-state index in [0.29, 0.717) is 10.6 Å². The highest BCUT2D eigenvalue weighted by molar-refractivity contribution is 7.93. The maximum atomic E-state index is 12.0. The highest BCUT2D eigenvalue weighted by atomic mass is 32.2. The lowest BCUT2D eigenvalue weighted by atomic mass is 9.95. The van der Waals surface area contributed by atoms with Crippen LogP contribution in [0.3, 0.4) is 0 Å². The summed E-state index contributed by atoms with van der Waals surface area (Å²) in [6.07, 6.45) is 3.79. The predicted octanol–water partition coefficient (Wildman–Crippen LogP) is 2.56.